The van der Waals surface area contributed by atoms with Gasteiger partial charge in [-0.25, -0.2) is 4.98 Å². The number of nitrogens with two attached hydrogens (primary N) is 1. The highest BCUT2D eigenvalue weighted by molar-refractivity contribution is 9.10. The minimum absolute atomic E-state index is 0.150. The van der Waals surface area contributed by atoms with Crippen LogP contribution in [0.25, 0.3) is 0 Å². The number of H-pyrrole nitrogens is 1. The van der Waals surface area contributed by atoms with E-state index in [1.54, 1.807) is 6.33 Å². The Hall–Kier alpha value is -0.0000000000000000555. The summed E-state index contributed by atoms with van der Waals surface area (Å²) in [4.78, 5) is 6.99. The van der Waals surface area contributed by atoms with Gasteiger partial charge < -0.3 is 10.7 Å². The van der Waals surface area contributed by atoms with Gasteiger partial charge in [0, 0.05) is 5.25 Å². The first-order valence-electron chi connectivity index (χ1n) is 3.32. The maximum atomic E-state index is 5.39. The van der Waals surface area contributed by atoms with Gasteiger partial charge in [-0.05, 0) is 28.9 Å². The topological polar surface area (TPSA) is 54.7 Å². The Morgan fingerprint density at radius 3 is 3.00 bits per heavy atom. The number of aromatic amines is 1. The second-order valence-corrected chi connectivity index (χ2v) is 3.57. The summed E-state index contributed by atoms with van der Waals surface area (Å²) in [6, 6.07) is 0. The van der Waals surface area contributed by atoms with Gasteiger partial charge in [0.2, 0.25) is 0 Å². The van der Waals surface area contributed by atoms with Crippen LogP contribution in [-0.2, 0) is 0 Å². The molecular weight excluding hydrogens is 226 g/mol. The van der Waals surface area contributed by atoms with Gasteiger partial charge in [0.05, 0.1) is 12.0 Å². The molecule has 0 saturated heterocycles. The second-order valence-electron chi connectivity index (χ2n) is 2.20. The van der Waals surface area contributed by atoms with Crippen LogP contribution < -0.4 is 5.73 Å². The van der Waals surface area contributed by atoms with E-state index in [9.17, 15) is 0 Å². The third-order valence-corrected chi connectivity index (χ3v) is 2.54. The van der Waals surface area contributed by atoms with E-state index >= 15 is 0 Å². The lowest BCUT2D eigenvalue weighted by atomic mass is 10.2. The molecule has 0 amide bonds. The van der Waals surface area contributed by atoms with Gasteiger partial charge in [-0.1, -0.05) is 0 Å². The van der Waals surface area contributed by atoms with Crippen molar-refractivity contribution in [2.45, 2.75) is 11.7 Å². The minimum Gasteiger partial charge on any atom is -0.347 e. The number of rotatable bonds is 3. The van der Waals surface area contributed by atoms with Crippen LogP contribution in [0.4, 0.5) is 0 Å². The van der Waals surface area contributed by atoms with Crippen molar-refractivity contribution >= 4 is 28.6 Å². The van der Waals surface area contributed by atoms with Gasteiger partial charge in [-0.15, -0.1) is 0 Å². The highest BCUT2D eigenvalue weighted by Crippen LogP contribution is 2.26. The van der Waals surface area contributed by atoms with Crippen LogP contribution in [0, 0.1) is 0 Å². The van der Waals surface area contributed by atoms with Crippen LogP contribution >= 0.6 is 28.6 Å². The van der Waals surface area contributed by atoms with Crippen molar-refractivity contribution < 1.29 is 0 Å². The van der Waals surface area contributed by atoms with E-state index < -0.39 is 0 Å². The Morgan fingerprint density at radius 1 is 1.82 bits per heavy atom. The maximum absolute atomic E-state index is 5.39. The third-order valence-electron chi connectivity index (χ3n) is 1.39. The molecule has 0 aliphatic carbocycles. The fraction of sp³-hybridized carbons (Fsp3) is 0.500. The zero-order chi connectivity index (χ0) is 8.27. The van der Waals surface area contributed by atoms with Gasteiger partial charge in [0.25, 0.3) is 0 Å². The Bertz CT molecular complexity index is 225. The lowest BCUT2D eigenvalue weighted by Gasteiger charge is -2.05. The number of hydrogen-bond donors (Lipinski definition) is 3. The van der Waals surface area contributed by atoms with E-state index in [0.717, 1.165) is 16.7 Å². The molecule has 62 valence electrons. The van der Waals surface area contributed by atoms with Crippen LogP contribution in [-0.4, -0.2) is 16.5 Å². The molecule has 1 heterocycles. The molecule has 1 rings (SSSR count). The summed E-state index contributed by atoms with van der Waals surface area (Å²) in [5, 5.41) is 0.150. The normalized spacial score (nSPS) is 13.4. The molecule has 0 spiro atoms. The number of thiol groups is 1. The molecule has 0 saturated carbocycles. The van der Waals surface area contributed by atoms with Crippen molar-refractivity contribution in [3.63, 3.8) is 0 Å². The number of imidazole rings is 1. The van der Waals surface area contributed by atoms with Gasteiger partial charge in [-0.2, -0.15) is 12.6 Å². The summed E-state index contributed by atoms with van der Waals surface area (Å²) < 4.78 is 0.825. The predicted molar refractivity (Wildman–Crippen MR) is 51.7 cm³/mol. The Kier molecular flexibility index (Phi) is 3.42. The molecular formula is C6H10BrN3S. The van der Waals surface area contributed by atoms with Crippen molar-refractivity contribution in [3.8, 4) is 0 Å². The fourth-order valence-electron chi connectivity index (χ4n) is 0.823. The average Bonchev–Trinajstić information content (AvgIpc) is 2.36. The summed E-state index contributed by atoms with van der Waals surface area (Å²) in [6.45, 7) is 0.639. The standard InChI is InChI=1S/C6H10BrN3S/c7-6-5(9-3-10-6)4(11)1-2-8/h3-4,11H,1-2,8H2,(H,9,10). The summed E-state index contributed by atoms with van der Waals surface area (Å²) in [5.74, 6) is 0. The van der Waals surface area contributed by atoms with E-state index in [1.165, 1.54) is 0 Å². The van der Waals surface area contributed by atoms with Gasteiger partial charge in [0.1, 0.15) is 4.60 Å². The maximum Gasteiger partial charge on any atom is 0.128 e. The molecule has 11 heavy (non-hydrogen) atoms. The average molecular weight is 236 g/mol. The lowest BCUT2D eigenvalue weighted by molar-refractivity contribution is 0.798. The lowest BCUT2D eigenvalue weighted by Crippen LogP contribution is -2.03. The quantitative estimate of drug-likeness (QED) is 0.696. The number of hydrogen-bond acceptors (Lipinski definition) is 3. The zero-order valence-corrected chi connectivity index (χ0v) is 8.40. The molecule has 1 aromatic heterocycles. The van der Waals surface area contributed by atoms with E-state index in [-0.39, 0.29) is 5.25 Å². The van der Waals surface area contributed by atoms with Gasteiger partial charge in [0.15, 0.2) is 0 Å². The summed E-state index contributed by atoms with van der Waals surface area (Å²) in [5.41, 5.74) is 6.39. The number of aromatic nitrogens is 2. The highest BCUT2D eigenvalue weighted by Gasteiger charge is 2.10. The molecule has 3 N–H and O–H groups in total. The highest BCUT2D eigenvalue weighted by atomic mass is 79.9. The molecule has 0 aromatic carbocycles. The van der Waals surface area contributed by atoms with Crippen LogP contribution in [0.5, 0.6) is 0 Å². The summed E-state index contributed by atoms with van der Waals surface area (Å²) in [6.07, 6.45) is 2.49. The fourth-order valence-corrected chi connectivity index (χ4v) is 1.84. The number of nitrogens with one attached hydrogen (secondary N) is 1. The molecule has 0 aliphatic heterocycles. The van der Waals surface area contributed by atoms with E-state index in [2.05, 4.69) is 38.5 Å². The molecule has 1 unspecified atom stereocenters. The molecule has 0 radical (unpaired) electrons. The number of nitrogens with zero attached hydrogens (tertiary/aromatic N) is 1. The molecule has 3 nitrogen and oxygen atoms in total. The minimum atomic E-state index is 0.150. The largest absolute Gasteiger partial charge is 0.347 e. The first kappa shape index (κ1) is 9.09. The number of halogens is 1. The smallest absolute Gasteiger partial charge is 0.128 e. The van der Waals surface area contributed by atoms with E-state index in [1.807, 2.05) is 0 Å². The van der Waals surface area contributed by atoms with Gasteiger partial charge >= 0.3 is 0 Å². The Morgan fingerprint density at radius 2 is 2.55 bits per heavy atom. The zero-order valence-electron chi connectivity index (χ0n) is 5.92. The van der Waals surface area contributed by atoms with Crippen molar-refractivity contribution in [2.24, 2.45) is 5.73 Å². The SMILES string of the molecule is NCCC(S)c1[nH]cnc1Br. The van der Waals surface area contributed by atoms with Crippen LogP contribution in [0.3, 0.4) is 0 Å². The molecule has 1 atom stereocenters. The van der Waals surface area contributed by atoms with Crippen LogP contribution in [0.2, 0.25) is 0 Å². The van der Waals surface area contributed by atoms with Crippen LogP contribution in [0.1, 0.15) is 17.4 Å². The third kappa shape index (κ3) is 2.21. The van der Waals surface area contributed by atoms with Crippen molar-refractivity contribution in [1.82, 2.24) is 9.97 Å². The molecule has 0 fully saturated rings. The Labute approximate surface area is 79.3 Å². The van der Waals surface area contributed by atoms with Crippen molar-refractivity contribution in [1.29, 1.82) is 0 Å². The second kappa shape index (κ2) is 4.13. The summed E-state index contributed by atoms with van der Waals surface area (Å²) in [7, 11) is 0. The van der Waals surface area contributed by atoms with Crippen molar-refractivity contribution in [3.05, 3.63) is 16.6 Å². The predicted octanol–water partition coefficient (Wildman–Crippen LogP) is 1.49. The molecule has 0 aliphatic rings. The first-order chi connectivity index (χ1) is 5.25. The van der Waals surface area contributed by atoms with Gasteiger partial charge in [-0.3, -0.25) is 0 Å². The monoisotopic (exact) mass is 235 g/mol. The Balaban J connectivity index is 2.67. The van der Waals surface area contributed by atoms with E-state index in [0.29, 0.717) is 6.54 Å². The van der Waals surface area contributed by atoms with Crippen LogP contribution in [0.15, 0.2) is 10.9 Å². The molecule has 1 aromatic rings. The summed E-state index contributed by atoms with van der Waals surface area (Å²) >= 11 is 7.66. The first-order valence-corrected chi connectivity index (χ1v) is 4.63. The molecule has 5 heteroatoms. The molecule has 0 bridgehead atoms. The van der Waals surface area contributed by atoms with Crippen molar-refractivity contribution in [2.75, 3.05) is 6.54 Å². The van der Waals surface area contributed by atoms with E-state index in [4.69, 9.17) is 5.73 Å².